The van der Waals surface area contributed by atoms with E-state index in [4.69, 9.17) is 4.74 Å². The van der Waals surface area contributed by atoms with E-state index in [0.29, 0.717) is 18.7 Å². The van der Waals surface area contributed by atoms with Gasteiger partial charge >= 0.3 is 0 Å². The third kappa shape index (κ3) is 8.98. The lowest BCUT2D eigenvalue weighted by Crippen LogP contribution is -2.31. The molecule has 0 unspecified atom stereocenters. The maximum absolute atomic E-state index is 11.7. The number of hydrogen-bond acceptors (Lipinski definition) is 3. The van der Waals surface area contributed by atoms with Crippen LogP contribution in [0, 0.1) is 0 Å². The lowest BCUT2D eigenvalue weighted by atomic mass is 10.1. The maximum atomic E-state index is 11.7. The molecule has 128 valence electrons. The van der Waals surface area contributed by atoms with Crippen LogP contribution in [0.4, 0.5) is 5.69 Å². The van der Waals surface area contributed by atoms with Gasteiger partial charge in [-0.15, -0.1) is 0 Å². The van der Waals surface area contributed by atoms with Crippen LogP contribution in [0.3, 0.4) is 0 Å². The van der Waals surface area contributed by atoms with E-state index in [9.17, 15) is 9.59 Å². The van der Waals surface area contributed by atoms with Crippen molar-refractivity contribution in [3.63, 3.8) is 0 Å². The molecule has 5 heteroatoms. The first-order valence-electron chi connectivity index (χ1n) is 8.27. The summed E-state index contributed by atoms with van der Waals surface area (Å²) in [5, 5.41) is 5.63. The Hall–Kier alpha value is -1.88. The highest BCUT2D eigenvalue weighted by molar-refractivity contribution is 5.91. The predicted molar refractivity (Wildman–Crippen MR) is 92.4 cm³/mol. The zero-order valence-electron chi connectivity index (χ0n) is 14.4. The fourth-order valence-corrected chi connectivity index (χ4v) is 2.08. The van der Waals surface area contributed by atoms with E-state index in [0.717, 1.165) is 24.8 Å². The molecule has 0 aromatic heterocycles. The van der Waals surface area contributed by atoms with Crippen LogP contribution in [0.25, 0.3) is 0 Å². The molecule has 5 nitrogen and oxygen atoms in total. The van der Waals surface area contributed by atoms with Crippen molar-refractivity contribution >= 4 is 17.5 Å². The number of carbonyl (C=O) groups is 2. The summed E-state index contributed by atoms with van der Waals surface area (Å²) in [6.07, 6.45) is 3.58. The van der Waals surface area contributed by atoms with Gasteiger partial charge in [0.25, 0.3) is 0 Å². The van der Waals surface area contributed by atoms with Gasteiger partial charge in [-0.3, -0.25) is 9.59 Å². The van der Waals surface area contributed by atoms with Crippen molar-refractivity contribution in [3.8, 4) is 0 Å². The SMILES string of the molecule is CCCCCOCC(=O)Nc1ccc(CC(=O)NC(C)C)cc1. The largest absolute Gasteiger partial charge is 0.372 e. The zero-order valence-corrected chi connectivity index (χ0v) is 14.4. The second-order valence-corrected chi connectivity index (χ2v) is 5.90. The lowest BCUT2D eigenvalue weighted by molar-refractivity contribution is -0.121. The van der Waals surface area contributed by atoms with E-state index in [1.807, 2.05) is 26.0 Å². The van der Waals surface area contributed by atoms with E-state index in [1.165, 1.54) is 0 Å². The highest BCUT2D eigenvalue weighted by Gasteiger charge is 2.06. The zero-order chi connectivity index (χ0) is 17.1. The van der Waals surface area contributed by atoms with Crippen molar-refractivity contribution in [2.24, 2.45) is 0 Å². The number of amides is 2. The summed E-state index contributed by atoms with van der Waals surface area (Å²) in [4.78, 5) is 23.4. The molecular weight excluding hydrogens is 292 g/mol. The van der Waals surface area contributed by atoms with Crippen LogP contribution >= 0.6 is 0 Å². The minimum Gasteiger partial charge on any atom is -0.372 e. The number of ether oxygens (including phenoxy) is 1. The van der Waals surface area contributed by atoms with Gasteiger partial charge in [0, 0.05) is 18.3 Å². The van der Waals surface area contributed by atoms with Crippen molar-refractivity contribution in [1.82, 2.24) is 5.32 Å². The third-order valence-electron chi connectivity index (χ3n) is 3.18. The first kappa shape index (κ1) is 19.2. The molecule has 2 N–H and O–H groups in total. The molecule has 1 aromatic rings. The second kappa shape index (κ2) is 10.8. The number of hydrogen-bond donors (Lipinski definition) is 2. The molecule has 0 radical (unpaired) electrons. The number of nitrogens with one attached hydrogen (secondary N) is 2. The van der Waals surface area contributed by atoms with Gasteiger partial charge in [0.1, 0.15) is 6.61 Å². The Morgan fingerprint density at radius 1 is 1.09 bits per heavy atom. The summed E-state index contributed by atoms with van der Waals surface area (Å²) in [7, 11) is 0. The van der Waals surface area contributed by atoms with Crippen molar-refractivity contribution in [2.45, 2.75) is 52.5 Å². The van der Waals surface area contributed by atoms with E-state index in [2.05, 4.69) is 17.6 Å². The molecule has 0 aliphatic heterocycles. The minimum atomic E-state index is -0.160. The standard InChI is InChI=1S/C18H28N2O3/c1-4-5-6-11-23-13-18(22)20-16-9-7-15(8-10-16)12-17(21)19-14(2)3/h7-10,14H,4-6,11-13H2,1-3H3,(H,19,21)(H,20,22). The molecule has 1 aromatic carbocycles. The molecule has 0 aliphatic rings. The van der Waals surface area contributed by atoms with Crippen LogP contribution in [0.5, 0.6) is 0 Å². The average Bonchev–Trinajstić information content (AvgIpc) is 2.48. The third-order valence-corrected chi connectivity index (χ3v) is 3.18. The summed E-state index contributed by atoms with van der Waals surface area (Å²) in [5.41, 5.74) is 1.62. The van der Waals surface area contributed by atoms with Crippen LogP contribution in [0.15, 0.2) is 24.3 Å². The Labute approximate surface area is 138 Å². The molecule has 1 rings (SSSR count). The molecule has 0 heterocycles. The number of benzene rings is 1. The number of rotatable bonds is 10. The molecule has 23 heavy (non-hydrogen) atoms. The Kier molecular flexibility index (Phi) is 8.98. The van der Waals surface area contributed by atoms with Gasteiger partial charge in [-0.2, -0.15) is 0 Å². The summed E-state index contributed by atoms with van der Waals surface area (Å²) >= 11 is 0. The Morgan fingerprint density at radius 2 is 1.78 bits per heavy atom. The summed E-state index contributed by atoms with van der Waals surface area (Å²) in [6, 6.07) is 7.42. The fraction of sp³-hybridized carbons (Fsp3) is 0.556. The Bertz CT molecular complexity index is 484. The van der Waals surface area contributed by atoms with E-state index >= 15 is 0 Å². The van der Waals surface area contributed by atoms with Crippen LogP contribution in [-0.4, -0.2) is 31.1 Å². The Balaban J connectivity index is 2.33. The van der Waals surface area contributed by atoms with Gasteiger partial charge in [0.2, 0.25) is 11.8 Å². The maximum Gasteiger partial charge on any atom is 0.250 e. The summed E-state index contributed by atoms with van der Waals surface area (Å²) < 4.78 is 5.32. The molecule has 0 atom stereocenters. The van der Waals surface area contributed by atoms with E-state index in [-0.39, 0.29) is 24.5 Å². The van der Waals surface area contributed by atoms with Crippen LogP contribution in [-0.2, 0) is 20.7 Å². The molecule has 0 aliphatic carbocycles. The van der Waals surface area contributed by atoms with Gasteiger partial charge < -0.3 is 15.4 Å². The normalized spacial score (nSPS) is 10.6. The van der Waals surface area contributed by atoms with Gasteiger partial charge in [0.05, 0.1) is 6.42 Å². The summed E-state index contributed by atoms with van der Waals surface area (Å²) in [6.45, 7) is 6.68. The Morgan fingerprint density at radius 3 is 2.39 bits per heavy atom. The molecule has 0 fully saturated rings. The fourth-order valence-electron chi connectivity index (χ4n) is 2.08. The van der Waals surface area contributed by atoms with Crippen molar-refractivity contribution in [1.29, 1.82) is 0 Å². The highest BCUT2D eigenvalue weighted by Crippen LogP contribution is 2.10. The first-order valence-corrected chi connectivity index (χ1v) is 8.27. The van der Waals surface area contributed by atoms with E-state index in [1.54, 1.807) is 12.1 Å². The van der Waals surface area contributed by atoms with Gasteiger partial charge in [0.15, 0.2) is 0 Å². The molecule has 0 spiro atoms. The number of unbranched alkanes of at least 4 members (excludes halogenated alkanes) is 2. The van der Waals surface area contributed by atoms with Crippen molar-refractivity contribution < 1.29 is 14.3 Å². The van der Waals surface area contributed by atoms with Crippen LogP contribution in [0.1, 0.15) is 45.6 Å². The van der Waals surface area contributed by atoms with E-state index < -0.39 is 0 Å². The highest BCUT2D eigenvalue weighted by atomic mass is 16.5. The van der Waals surface area contributed by atoms with Gasteiger partial charge in [-0.1, -0.05) is 31.9 Å². The minimum absolute atomic E-state index is 0.00253. The number of anilines is 1. The quantitative estimate of drug-likeness (QED) is 0.651. The van der Waals surface area contributed by atoms with Gasteiger partial charge in [-0.05, 0) is 38.0 Å². The molecule has 0 bridgehead atoms. The van der Waals surface area contributed by atoms with Gasteiger partial charge in [-0.25, -0.2) is 0 Å². The van der Waals surface area contributed by atoms with Crippen LogP contribution in [0.2, 0.25) is 0 Å². The summed E-state index contributed by atoms with van der Waals surface area (Å²) in [5.74, 6) is -0.163. The van der Waals surface area contributed by atoms with Crippen molar-refractivity contribution in [3.05, 3.63) is 29.8 Å². The van der Waals surface area contributed by atoms with Crippen molar-refractivity contribution in [2.75, 3.05) is 18.5 Å². The van der Waals surface area contributed by atoms with Crippen LogP contribution < -0.4 is 10.6 Å². The smallest absolute Gasteiger partial charge is 0.250 e. The monoisotopic (exact) mass is 320 g/mol. The molecule has 2 amide bonds. The molecule has 0 saturated heterocycles. The molecular formula is C18H28N2O3. The lowest BCUT2D eigenvalue weighted by Gasteiger charge is -2.09. The topological polar surface area (TPSA) is 67.4 Å². The number of carbonyl (C=O) groups excluding carboxylic acids is 2. The second-order valence-electron chi connectivity index (χ2n) is 5.90. The average molecular weight is 320 g/mol. The predicted octanol–water partition coefficient (Wildman–Crippen LogP) is 2.90. The first-order chi connectivity index (χ1) is 11.0. The molecule has 0 saturated carbocycles.